The second-order valence-electron chi connectivity index (χ2n) is 6.35. The molecule has 2 fully saturated rings. The second-order valence-corrected chi connectivity index (χ2v) is 6.35. The highest BCUT2D eigenvalue weighted by Gasteiger charge is 2.30. The highest BCUT2D eigenvalue weighted by molar-refractivity contribution is 5.80. The second kappa shape index (κ2) is 7.25. The number of nitrogens with two attached hydrogens (primary N) is 1. The summed E-state index contributed by atoms with van der Waals surface area (Å²) >= 11 is 0. The molecular weight excluding hydrogens is 238 g/mol. The van der Waals surface area contributed by atoms with E-state index < -0.39 is 0 Å². The van der Waals surface area contributed by atoms with Gasteiger partial charge in [-0.05, 0) is 26.7 Å². The Bertz CT molecular complexity index is 289. The number of likely N-dealkylation sites (N-methyl/N-ethyl adjacent to an activating group) is 1. The van der Waals surface area contributed by atoms with Crippen LogP contribution >= 0.6 is 0 Å². The fourth-order valence-corrected chi connectivity index (χ4v) is 3.61. The van der Waals surface area contributed by atoms with Crippen LogP contribution in [-0.2, 0) is 4.79 Å². The first kappa shape index (κ1) is 14.8. The van der Waals surface area contributed by atoms with Crippen LogP contribution in [0.4, 0.5) is 0 Å². The molecule has 1 amide bonds. The minimum atomic E-state index is 0.0688. The van der Waals surface area contributed by atoms with E-state index in [0.717, 1.165) is 12.6 Å². The Labute approximate surface area is 117 Å². The maximum absolute atomic E-state index is 12.1. The number of carbonyl (C=O) groups excluding carboxylic acids is 1. The van der Waals surface area contributed by atoms with Gasteiger partial charge in [0.05, 0.1) is 13.1 Å². The molecular formula is C15H31N3O+2. The van der Waals surface area contributed by atoms with Crippen LogP contribution in [-0.4, -0.2) is 43.7 Å². The summed E-state index contributed by atoms with van der Waals surface area (Å²) in [5, 5.41) is 5.45. The molecule has 1 heterocycles. The Morgan fingerprint density at radius 3 is 2.74 bits per heavy atom. The lowest BCUT2D eigenvalue weighted by molar-refractivity contribution is -0.925. The van der Waals surface area contributed by atoms with Gasteiger partial charge < -0.3 is 15.5 Å². The predicted octanol–water partition coefficient (Wildman–Crippen LogP) is -0.936. The van der Waals surface area contributed by atoms with E-state index in [1.54, 1.807) is 4.90 Å². The van der Waals surface area contributed by atoms with Crippen LogP contribution in [0.2, 0.25) is 0 Å². The molecule has 2 aliphatic rings. The molecule has 1 unspecified atom stereocenters. The van der Waals surface area contributed by atoms with E-state index in [1.165, 1.54) is 51.6 Å². The topological polar surface area (TPSA) is 50.2 Å². The molecule has 0 aromatic rings. The third-order valence-electron chi connectivity index (χ3n) is 4.97. The van der Waals surface area contributed by atoms with E-state index in [2.05, 4.69) is 17.6 Å². The summed E-state index contributed by atoms with van der Waals surface area (Å²) in [6.45, 7) is 7.95. The van der Waals surface area contributed by atoms with E-state index >= 15 is 0 Å². The van der Waals surface area contributed by atoms with Crippen LogP contribution in [0, 0.1) is 0 Å². The number of likely N-dealkylation sites (tertiary alicyclic amines) is 1. The van der Waals surface area contributed by atoms with Gasteiger partial charge in [0.1, 0.15) is 12.6 Å². The fourth-order valence-electron chi connectivity index (χ4n) is 3.61. The van der Waals surface area contributed by atoms with Gasteiger partial charge in [0.2, 0.25) is 0 Å². The van der Waals surface area contributed by atoms with Gasteiger partial charge in [-0.3, -0.25) is 4.79 Å². The fraction of sp³-hybridized carbons (Fsp3) is 0.933. The number of carbonyl (C=O) groups is 1. The number of nitrogens with one attached hydrogen (secondary N) is 2. The van der Waals surface area contributed by atoms with Crippen molar-refractivity contribution in [1.29, 1.82) is 0 Å². The monoisotopic (exact) mass is 269 g/mol. The van der Waals surface area contributed by atoms with Gasteiger partial charge in [0.25, 0.3) is 5.91 Å². The predicted molar refractivity (Wildman–Crippen MR) is 76.0 cm³/mol. The lowest BCUT2D eigenvalue weighted by atomic mass is 10.2. The Balaban J connectivity index is 1.68. The Kier molecular flexibility index (Phi) is 5.64. The number of quaternary nitrogens is 2. The highest BCUT2D eigenvalue weighted by atomic mass is 16.2. The van der Waals surface area contributed by atoms with Gasteiger partial charge in [-0.1, -0.05) is 12.8 Å². The van der Waals surface area contributed by atoms with Crippen LogP contribution in [0.15, 0.2) is 0 Å². The zero-order valence-electron chi connectivity index (χ0n) is 12.6. The van der Waals surface area contributed by atoms with Crippen molar-refractivity contribution >= 4 is 5.91 Å². The third-order valence-corrected chi connectivity index (χ3v) is 4.97. The molecule has 4 nitrogen and oxygen atoms in total. The zero-order chi connectivity index (χ0) is 13.7. The van der Waals surface area contributed by atoms with Crippen molar-refractivity contribution in [3.05, 3.63) is 0 Å². The highest BCUT2D eigenvalue weighted by Crippen LogP contribution is 2.17. The maximum atomic E-state index is 12.1. The lowest BCUT2D eigenvalue weighted by Crippen LogP contribution is -3.16. The summed E-state index contributed by atoms with van der Waals surface area (Å²) in [6.07, 6.45) is 7.59. The minimum absolute atomic E-state index is 0.0688. The Morgan fingerprint density at radius 2 is 2.05 bits per heavy atom. The summed E-state index contributed by atoms with van der Waals surface area (Å²) < 4.78 is 0. The molecule has 0 aromatic carbocycles. The molecule has 0 aromatic heterocycles. The van der Waals surface area contributed by atoms with Gasteiger partial charge in [0.15, 0.2) is 6.04 Å². The summed E-state index contributed by atoms with van der Waals surface area (Å²) in [7, 11) is 0. The number of amides is 1. The Hall–Kier alpha value is -0.610. The van der Waals surface area contributed by atoms with Gasteiger partial charge in [-0.2, -0.15) is 0 Å². The molecule has 0 radical (unpaired) electrons. The quantitative estimate of drug-likeness (QED) is 0.573. The molecule has 2 rings (SSSR count). The molecule has 4 heteroatoms. The van der Waals surface area contributed by atoms with E-state index in [0.29, 0.717) is 6.04 Å². The van der Waals surface area contributed by atoms with E-state index in [-0.39, 0.29) is 11.9 Å². The largest absolute Gasteiger partial charge is 0.348 e. The smallest absolute Gasteiger partial charge is 0.278 e. The summed E-state index contributed by atoms with van der Waals surface area (Å²) in [4.78, 5) is 13.8. The maximum Gasteiger partial charge on any atom is 0.278 e. The van der Waals surface area contributed by atoms with E-state index in [9.17, 15) is 4.79 Å². The summed E-state index contributed by atoms with van der Waals surface area (Å²) in [5.74, 6) is 0.239. The number of hydrogen-bond acceptors (Lipinski definition) is 1. The van der Waals surface area contributed by atoms with Crippen molar-refractivity contribution in [2.45, 2.75) is 70.5 Å². The minimum Gasteiger partial charge on any atom is -0.348 e. The molecule has 4 N–H and O–H groups in total. The molecule has 19 heavy (non-hydrogen) atoms. The van der Waals surface area contributed by atoms with Crippen molar-refractivity contribution < 1.29 is 15.0 Å². The molecule has 0 spiro atoms. The molecule has 1 saturated carbocycles. The summed E-state index contributed by atoms with van der Waals surface area (Å²) in [5.41, 5.74) is 0. The molecule has 1 aliphatic heterocycles. The summed E-state index contributed by atoms with van der Waals surface area (Å²) in [6, 6.07) is 1.28. The first-order chi connectivity index (χ1) is 9.20. The van der Waals surface area contributed by atoms with Crippen molar-refractivity contribution in [3.63, 3.8) is 0 Å². The Morgan fingerprint density at radius 1 is 1.32 bits per heavy atom. The van der Waals surface area contributed by atoms with Crippen LogP contribution < -0.4 is 15.5 Å². The average Bonchev–Trinajstić information content (AvgIpc) is 3.06. The van der Waals surface area contributed by atoms with E-state index in [1.807, 2.05) is 6.92 Å². The van der Waals surface area contributed by atoms with Gasteiger partial charge in [-0.25, -0.2) is 0 Å². The zero-order valence-corrected chi connectivity index (χ0v) is 12.6. The van der Waals surface area contributed by atoms with Crippen molar-refractivity contribution in [3.8, 4) is 0 Å². The lowest BCUT2D eigenvalue weighted by Gasteiger charge is -2.21. The van der Waals surface area contributed by atoms with Gasteiger partial charge in [-0.15, -0.1) is 0 Å². The molecule has 1 aliphatic carbocycles. The SMILES string of the molecule is CC[NH+]1CCC[C@H]1C[NH2+][C@H](C)C(=O)NC1CCCC1. The van der Waals surface area contributed by atoms with Gasteiger partial charge in [0, 0.05) is 18.9 Å². The normalized spacial score (nSPS) is 29.6. The van der Waals surface area contributed by atoms with Crippen molar-refractivity contribution in [2.75, 3.05) is 19.6 Å². The standard InChI is InChI=1S/C15H29N3O/c1-3-18-10-6-9-14(18)11-16-12(2)15(19)17-13-7-4-5-8-13/h12-14,16H,3-11H2,1-2H3,(H,17,19)/p+2/t12-,14+/m1/s1. The van der Waals surface area contributed by atoms with Crippen LogP contribution in [0.5, 0.6) is 0 Å². The first-order valence-corrected chi connectivity index (χ1v) is 8.19. The van der Waals surface area contributed by atoms with E-state index in [4.69, 9.17) is 0 Å². The molecule has 3 atom stereocenters. The number of rotatable bonds is 6. The van der Waals surface area contributed by atoms with Crippen LogP contribution in [0.1, 0.15) is 52.4 Å². The average molecular weight is 269 g/mol. The number of hydrogen-bond donors (Lipinski definition) is 3. The molecule has 0 bridgehead atoms. The van der Waals surface area contributed by atoms with Crippen LogP contribution in [0.25, 0.3) is 0 Å². The van der Waals surface area contributed by atoms with Gasteiger partial charge >= 0.3 is 0 Å². The third kappa shape index (κ3) is 4.18. The molecule has 110 valence electrons. The first-order valence-electron chi connectivity index (χ1n) is 8.19. The van der Waals surface area contributed by atoms with Crippen molar-refractivity contribution in [1.82, 2.24) is 5.32 Å². The molecule has 1 saturated heterocycles. The van der Waals surface area contributed by atoms with Crippen molar-refractivity contribution in [2.24, 2.45) is 0 Å². The van der Waals surface area contributed by atoms with Crippen LogP contribution in [0.3, 0.4) is 0 Å².